The summed E-state index contributed by atoms with van der Waals surface area (Å²) in [6.07, 6.45) is 0. The Morgan fingerprint density at radius 2 is 2.10 bits per heavy atom. The van der Waals surface area contributed by atoms with Crippen LogP contribution in [0, 0.1) is 10.1 Å². The van der Waals surface area contributed by atoms with Gasteiger partial charge in [-0.25, -0.2) is 0 Å². The maximum absolute atomic E-state index is 10.8. The van der Waals surface area contributed by atoms with Gasteiger partial charge in [0.25, 0.3) is 5.69 Å². The fraction of sp³-hybridized carbons (Fsp3) is 0.286. The molecule has 5 nitrogen and oxygen atoms in total. The van der Waals surface area contributed by atoms with Crippen molar-refractivity contribution >= 4 is 17.3 Å². The number of nitrogens with zero attached hydrogens (tertiary/aromatic N) is 1. The first-order valence-electron chi connectivity index (χ1n) is 6.24. The summed E-state index contributed by atoms with van der Waals surface area (Å²) in [4.78, 5) is 10.3. The zero-order valence-corrected chi connectivity index (χ0v) is 12.0. The number of nitro groups is 1. The number of non-ortho nitro benzene ring substituents is 1. The van der Waals surface area contributed by atoms with Crippen LogP contribution in [0.25, 0.3) is 11.3 Å². The molecule has 1 heterocycles. The standard InChI is InChI=1S/C14H15ClN2O3/c1-9(2)16-8-11-4-6-14(20-11)12-7-10(17(18)19)3-5-13(12)15/h3-7,9,16H,8H2,1-2H3. The van der Waals surface area contributed by atoms with Crippen molar-refractivity contribution in [1.82, 2.24) is 5.32 Å². The van der Waals surface area contributed by atoms with Crippen LogP contribution in [-0.4, -0.2) is 11.0 Å². The molecule has 0 amide bonds. The maximum Gasteiger partial charge on any atom is 0.270 e. The van der Waals surface area contributed by atoms with Crippen molar-refractivity contribution in [3.05, 3.63) is 51.2 Å². The summed E-state index contributed by atoms with van der Waals surface area (Å²) in [7, 11) is 0. The molecule has 2 rings (SSSR count). The number of rotatable bonds is 5. The summed E-state index contributed by atoms with van der Waals surface area (Å²) in [5.41, 5.74) is 0.513. The largest absolute Gasteiger partial charge is 0.460 e. The van der Waals surface area contributed by atoms with E-state index in [-0.39, 0.29) is 5.69 Å². The van der Waals surface area contributed by atoms with E-state index in [0.717, 1.165) is 5.76 Å². The lowest BCUT2D eigenvalue weighted by molar-refractivity contribution is -0.384. The van der Waals surface area contributed by atoms with Gasteiger partial charge in [0, 0.05) is 23.7 Å². The molecule has 0 atom stereocenters. The summed E-state index contributed by atoms with van der Waals surface area (Å²) < 4.78 is 5.67. The van der Waals surface area contributed by atoms with Gasteiger partial charge in [0.05, 0.1) is 16.5 Å². The second kappa shape index (κ2) is 6.07. The molecule has 6 heteroatoms. The molecule has 1 aromatic heterocycles. The Morgan fingerprint density at radius 3 is 2.75 bits per heavy atom. The zero-order chi connectivity index (χ0) is 14.7. The topological polar surface area (TPSA) is 68.3 Å². The molecule has 0 aliphatic rings. The van der Waals surface area contributed by atoms with E-state index in [9.17, 15) is 10.1 Å². The normalized spacial score (nSPS) is 11.0. The van der Waals surface area contributed by atoms with Gasteiger partial charge >= 0.3 is 0 Å². The Kier molecular flexibility index (Phi) is 4.42. The Morgan fingerprint density at radius 1 is 1.35 bits per heavy atom. The highest BCUT2D eigenvalue weighted by molar-refractivity contribution is 6.33. The van der Waals surface area contributed by atoms with Crippen molar-refractivity contribution in [2.24, 2.45) is 0 Å². The molecule has 0 unspecified atom stereocenters. The number of benzene rings is 1. The van der Waals surface area contributed by atoms with Gasteiger partial charge in [-0.05, 0) is 18.2 Å². The molecule has 0 saturated carbocycles. The van der Waals surface area contributed by atoms with Crippen LogP contribution < -0.4 is 5.32 Å². The molecule has 0 spiro atoms. The molecule has 0 bridgehead atoms. The van der Waals surface area contributed by atoms with Crippen LogP contribution in [0.4, 0.5) is 5.69 Å². The summed E-state index contributed by atoms with van der Waals surface area (Å²) in [6.45, 7) is 4.69. The van der Waals surface area contributed by atoms with Crippen molar-refractivity contribution in [1.29, 1.82) is 0 Å². The van der Waals surface area contributed by atoms with Gasteiger partial charge in [-0.15, -0.1) is 0 Å². The highest BCUT2D eigenvalue weighted by Gasteiger charge is 2.14. The van der Waals surface area contributed by atoms with Gasteiger partial charge in [-0.2, -0.15) is 0 Å². The summed E-state index contributed by atoms with van der Waals surface area (Å²) in [6, 6.07) is 8.24. The van der Waals surface area contributed by atoms with Crippen molar-refractivity contribution in [2.45, 2.75) is 26.4 Å². The summed E-state index contributed by atoms with van der Waals surface area (Å²) >= 11 is 6.07. The second-order valence-corrected chi connectivity index (χ2v) is 5.13. The Hall–Kier alpha value is -1.85. The molecule has 0 radical (unpaired) electrons. The van der Waals surface area contributed by atoms with Crippen LogP contribution >= 0.6 is 11.6 Å². The Balaban J connectivity index is 2.27. The van der Waals surface area contributed by atoms with Crippen LogP contribution in [0.5, 0.6) is 0 Å². The monoisotopic (exact) mass is 294 g/mol. The van der Waals surface area contributed by atoms with Gasteiger partial charge in [-0.3, -0.25) is 10.1 Å². The average molecular weight is 295 g/mol. The van der Waals surface area contributed by atoms with Crippen LogP contribution in [-0.2, 0) is 6.54 Å². The zero-order valence-electron chi connectivity index (χ0n) is 11.2. The molecule has 1 aromatic carbocycles. The van der Waals surface area contributed by atoms with Crippen LogP contribution in [0.3, 0.4) is 0 Å². The lowest BCUT2D eigenvalue weighted by Gasteiger charge is -2.05. The van der Waals surface area contributed by atoms with E-state index in [1.54, 1.807) is 6.07 Å². The van der Waals surface area contributed by atoms with E-state index < -0.39 is 4.92 Å². The summed E-state index contributed by atoms with van der Waals surface area (Å²) in [5.74, 6) is 1.29. The number of hydrogen-bond acceptors (Lipinski definition) is 4. The number of nitrogens with one attached hydrogen (secondary N) is 1. The van der Waals surface area contributed by atoms with Gasteiger partial charge in [0.15, 0.2) is 0 Å². The van der Waals surface area contributed by atoms with Crippen molar-refractivity contribution in [3.8, 4) is 11.3 Å². The van der Waals surface area contributed by atoms with E-state index in [1.807, 2.05) is 19.9 Å². The molecule has 106 valence electrons. The fourth-order valence-corrected chi connectivity index (χ4v) is 1.95. The third-order valence-electron chi connectivity index (χ3n) is 2.77. The van der Waals surface area contributed by atoms with E-state index in [1.165, 1.54) is 18.2 Å². The highest BCUT2D eigenvalue weighted by atomic mass is 35.5. The molecule has 1 N–H and O–H groups in total. The smallest absolute Gasteiger partial charge is 0.270 e. The molecule has 2 aromatic rings. The Bertz CT molecular complexity index is 623. The molecule has 0 aliphatic heterocycles. The first-order valence-corrected chi connectivity index (χ1v) is 6.61. The number of furan rings is 1. The van der Waals surface area contributed by atoms with E-state index in [2.05, 4.69) is 5.32 Å². The van der Waals surface area contributed by atoms with Gasteiger partial charge in [0.1, 0.15) is 11.5 Å². The predicted molar refractivity (Wildman–Crippen MR) is 77.8 cm³/mol. The minimum atomic E-state index is -0.454. The third-order valence-corrected chi connectivity index (χ3v) is 3.10. The van der Waals surface area contributed by atoms with E-state index >= 15 is 0 Å². The molecule has 0 aliphatic carbocycles. The fourth-order valence-electron chi connectivity index (χ4n) is 1.74. The lowest BCUT2D eigenvalue weighted by atomic mass is 10.1. The van der Waals surface area contributed by atoms with Crippen molar-refractivity contribution in [2.75, 3.05) is 0 Å². The molecule has 0 saturated heterocycles. The SMILES string of the molecule is CC(C)NCc1ccc(-c2cc([N+](=O)[O-])ccc2Cl)o1. The van der Waals surface area contributed by atoms with Crippen LogP contribution in [0.1, 0.15) is 19.6 Å². The molecular formula is C14H15ClN2O3. The maximum atomic E-state index is 10.8. The first-order chi connectivity index (χ1) is 9.47. The van der Waals surface area contributed by atoms with E-state index in [0.29, 0.717) is 28.9 Å². The molecule has 0 fully saturated rings. The van der Waals surface area contributed by atoms with Crippen molar-refractivity contribution < 1.29 is 9.34 Å². The van der Waals surface area contributed by atoms with E-state index in [4.69, 9.17) is 16.0 Å². The molecular weight excluding hydrogens is 280 g/mol. The minimum Gasteiger partial charge on any atom is -0.460 e. The summed E-state index contributed by atoms with van der Waals surface area (Å²) in [5, 5.41) is 14.5. The predicted octanol–water partition coefficient (Wildman–Crippen LogP) is 4.01. The van der Waals surface area contributed by atoms with Crippen molar-refractivity contribution in [3.63, 3.8) is 0 Å². The van der Waals surface area contributed by atoms with Crippen LogP contribution in [0.2, 0.25) is 5.02 Å². The van der Waals surface area contributed by atoms with Gasteiger partial charge in [-0.1, -0.05) is 25.4 Å². The average Bonchev–Trinajstić information content (AvgIpc) is 2.85. The lowest BCUT2D eigenvalue weighted by Crippen LogP contribution is -2.21. The highest BCUT2D eigenvalue weighted by Crippen LogP contribution is 2.32. The minimum absolute atomic E-state index is 0.0114. The van der Waals surface area contributed by atoms with Gasteiger partial charge in [0.2, 0.25) is 0 Å². The Labute approximate surface area is 121 Å². The third kappa shape index (κ3) is 3.37. The van der Waals surface area contributed by atoms with Crippen LogP contribution in [0.15, 0.2) is 34.7 Å². The second-order valence-electron chi connectivity index (χ2n) is 4.72. The number of nitro benzene ring substituents is 1. The molecule has 20 heavy (non-hydrogen) atoms. The number of hydrogen-bond donors (Lipinski definition) is 1. The number of halogens is 1. The first kappa shape index (κ1) is 14.6. The quantitative estimate of drug-likeness (QED) is 0.668. The van der Waals surface area contributed by atoms with Gasteiger partial charge < -0.3 is 9.73 Å².